The van der Waals surface area contributed by atoms with Crippen molar-refractivity contribution in [3.8, 4) is 0 Å². The summed E-state index contributed by atoms with van der Waals surface area (Å²) in [5.41, 5.74) is 0. The number of esters is 1. The minimum atomic E-state index is -0.283. The van der Waals surface area contributed by atoms with Crippen LogP contribution in [0.4, 0.5) is 0 Å². The van der Waals surface area contributed by atoms with Crippen LogP contribution >= 0.6 is 0 Å². The van der Waals surface area contributed by atoms with E-state index >= 15 is 0 Å². The third kappa shape index (κ3) is 3.16. The van der Waals surface area contributed by atoms with Crippen molar-refractivity contribution in [3.63, 3.8) is 0 Å². The SMILES string of the molecule is CCOC(=O)[C@@H](CC=O)[C@H]1C[C@@H](C)O[C@H]2CCC[C@@H]12. The Labute approximate surface area is 114 Å². The van der Waals surface area contributed by atoms with Crippen LogP contribution in [-0.4, -0.2) is 31.1 Å². The summed E-state index contributed by atoms with van der Waals surface area (Å²) >= 11 is 0. The molecule has 1 saturated heterocycles. The summed E-state index contributed by atoms with van der Waals surface area (Å²) in [5, 5.41) is 0. The third-order valence-electron chi connectivity index (χ3n) is 4.52. The summed E-state index contributed by atoms with van der Waals surface area (Å²) in [5.74, 6) is 0.166. The molecule has 4 nitrogen and oxygen atoms in total. The van der Waals surface area contributed by atoms with Gasteiger partial charge in [-0.15, -0.1) is 0 Å². The molecule has 1 saturated carbocycles. The Morgan fingerprint density at radius 3 is 2.95 bits per heavy atom. The fourth-order valence-corrected chi connectivity index (χ4v) is 3.79. The summed E-state index contributed by atoms with van der Waals surface area (Å²) in [7, 11) is 0. The number of fused-ring (bicyclic) bond motifs is 1. The second kappa shape index (κ2) is 6.51. The van der Waals surface area contributed by atoms with Crippen molar-refractivity contribution in [3.05, 3.63) is 0 Å². The second-order valence-electron chi connectivity index (χ2n) is 5.74. The summed E-state index contributed by atoms with van der Waals surface area (Å²) in [6, 6.07) is 0. The minimum Gasteiger partial charge on any atom is -0.466 e. The third-order valence-corrected chi connectivity index (χ3v) is 4.52. The van der Waals surface area contributed by atoms with Gasteiger partial charge in [0.25, 0.3) is 0 Å². The van der Waals surface area contributed by atoms with Gasteiger partial charge in [0.1, 0.15) is 6.29 Å². The smallest absolute Gasteiger partial charge is 0.309 e. The lowest BCUT2D eigenvalue weighted by atomic mass is 9.73. The molecule has 1 aliphatic heterocycles. The van der Waals surface area contributed by atoms with Crippen LogP contribution in [0.3, 0.4) is 0 Å². The van der Waals surface area contributed by atoms with E-state index in [0.717, 1.165) is 32.0 Å². The van der Waals surface area contributed by atoms with Crippen LogP contribution in [0.2, 0.25) is 0 Å². The Balaban J connectivity index is 2.13. The lowest BCUT2D eigenvalue weighted by Gasteiger charge is -2.40. The molecule has 2 fully saturated rings. The molecule has 0 radical (unpaired) electrons. The molecule has 0 bridgehead atoms. The number of carbonyl (C=O) groups is 2. The maximum Gasteiger partial charge on any atom is 0.309 e. The molecule has 108 valence electrons. The Hall–Kier alpha value is -0.900. The zero-order valence-electron chi connectivity index (χ0n) is 11.8. The molecule has 0 amide bonds. The van der Waals surface area contributed by atoms with Crippen molar-refractivity contribution in [2.75, 3.05) is 6.61 Å². The molecular formula is C15H24O4. The van der Waals surface area contributed by atoms with Crippen LogP contribution in [-0.2, 0) is 19.1 Å². The second-order valence-corrected chi connectivity index (χ2v) is 5.74. The maximum absolute atomic E-state index is 12.1. The Morgan fingerprint density at radius 2 is 2.26 bits per heavy atom. The van der Waals surface area contributed by atoms with Gasteiger partial charge in [0.05, 0.1) is 24.7 Å². The van der Waals surface area contributed by atoms with E-state index in [9.17, 15) is 9.59 Å². The molecule has 1 heterocycles. The van der Waals surface area contributed by atoms with Crippen LogP contribution in [0.15, 0.2) is 0 Å². The van der Waals surface area contributed by atoms with Crippen molar-refractivity contribution in [2.45, 2.75) is 58.2 Å². The van der Waals surface area contributed by atoms with E-state index in [0.29, 0.717) is 12.5 Å². The molecule has 0 aromatic carbocycles. The lowest BCUT2D eigenvalue weighted by molar-refractivity contribution is -0.158. The van der Waals surface area contributed by atoms with Crippen LogP contribution in [0.1, 0.15) is 46.0 Å². The summed E-state index contributed by atoms with van der Waals surface area (Å²) < 4.78 is 11.1. The van der Waals surface area contributed by atoms with E-state index in [1.54, 1.807) is 6.92 Å². The van der Waals surface area contributed by atoms with Gasteiger partial charge in [0.2, 0.25) is 0 Å². The van der Waals surface area contributed by atoms with Crippen molar-refractivity contribution in [2.24, 2.45) is 17.8 Å². The van der Waals surface area contributed by atoms with Crippen molar-refractivity contribution >= 4 is 12.3 Å². The molecule has 0 unspecified atom stereocenters. The van der Waals surface area contributed by atoms with Gasteiger partial charge in [-0.1, -0.05) is 6.42 Å². The van der Waals surface area contributed by atoms with E-state index in [2.05, 4.69) is 6.92 Å². The first-order valence-electron chi connectivity index (χ1n) is 7.43. The summed E-state index contributed by atoms with van der Waals surface area (Å²) in [6.07, 6.45) is 5.79. The molecule has 0 N–H and O–H groups in total. The highest BCUT2D eigenvalue weighted by Crippen LogP contribution is 2.45. The quantitative estimate of drug-likeness (QED) is 0.567. The highest BCUT2D eigenvalue weighted by molar-refractivity contribution is 5.76. The average molecular weight is 268 g/mol. The lowest BCUT2D eigenvalue weighted by Crippen LogP contribution is -2.43. The highest BCUT2D eigenvalue weighted by atomic mass is 16.5. The molecule has 2 aliphatic rings. The number of ether oxygens (including phenoxy) is 2. The van der Waals surface area contributed by atoms with Crippen molar-refractivity contribution < 1.29 is 19.1 Å². The maximum atomic E-state index is 12.1. The normalized spacial score (nSPS) is 35.5. The molecule has 2 rings (SSSR count). The summed E-state index contributed by atoms with van der Waals surface area (Å²) in [4.78, 5) is 23.0. The topological polar surface area (TPSA) is 52.6 Å². The van der Waals surface area contributed by atoms with Crippen LogP contribution in [0.25, 0.3) is 0 Å². The molecule has 19 heavy (non-hydrogen) atoms. The number of rotatable bonds is 5. The number of hydrogen-bond acceptors (Lipinski definition) is 4. The van der Waals surface area contributed by atoms with E-state index < -0.39 is 0 Å². The molecule has 4 heteroatoms. The van der Waals surface area contributed by atoms with Crippen LogP contribution < -0.4 is 0 Å². The van der Waals surface area contributed by atoms with Crippen molar-refractivity contribution in [1.29, 1.82) is 0 Å². The van der Waals surface area contributed by atoms with Gasteiger partial charge in [-0.2, -0.15) is 0 Å². The molecular weight excluding hydrogens is 244 g/mol. The Kier molecular flexibility index (Phi) is 4.97. The van der Waals surface area contributed by atoms with Gasteiger partial charge < -0.3 is 14.3 Å². The van der Waals surface area contributed by atoms with Gasteiger partial charge in [0, 0.05) is 6.42 Å². The van der Waals surface area contributed by atoms with E-state index in [1.165, 1.54) is 0 Å². The summed E-state index contributed by atoms with van der Waals surface area (Å²) in [6.45, 7) is 4.24. The number of carbonyl (C=O) groups excluding carboxylic acids is 2. The first-order valence-corrected chi connectivity index (χ1v) is 7.43. The van der Waals surface area contributed by atoms with E-state index in [4.69, 9.17) is 9.47 Å². The standard InChI is InChI=1S/C15H24O4/c1-3-18-15(17)12(7-8-16)13-9-10(2)19-14-6-4-5-11(13)14/h8,10-14H,3-7,9H2,1-2H3/t10-,11+,12+,13+,14+/m1/s1. The van der Waals surface area contributed by atoms with Gasteiger partial charge in [-0.25, -0.2) is 0 Å². The first kappa shape index (κ1) is 14.5. The van der Waals surface area contributed by atoms with Gasteiger partial charge >= 0.3 is 5.97 Å². The zero-order valence-corrected chi connectivity index (χ0v) is 11.8. The van der Waals surface area contributed by atoms with Crippen LogP contribution in [0.5, 0.6) is 0 Å². The average Bonchev–Trinajstić information content (AvgIpc) is 2.83. The Bertz CT molecular complexity index is 328. The zero-order chi connectivity index (χ0) is 13.8. The first-order chi connectivity index (χ1) is 9.17. The number of hydrogen-bond donors (Lipinski definition) is 0. The van der Waals surface area contributed by atoms with Gasteiger partial charge in [-0.3, -0.25) is 4.79 Å². The number of aldehydes is 1. The predicted molar refractivity (Wildman–Crippen MR) is 70.6 cm³/mol. The largest absolute Gasteiger partial charge is 0.466 e. The van der Waals surface area contributed by atoms with Gasteiger partial charge in [-0.05, 0) is 44.9 Å². The molecule has 1 aliphatic carbocycles. The molecule has 5 atom stereocenters. The fraction of sp³-hybridized carbons (Fsp3) is 0.867. The van der Waals surface area contributed by atoms with E-state index in [1.807, 2.05) is 0 Å². The molecule has 0 aromatic rings. The van der Waals surface area contributed by atoms with E-state index in [-0.39, 0.29) is 36.4 Å². The van der Waals surface area contributed by atoms with Crippen molar-refractivity contribution in [1.82, 2.24) is 0 Å². The van der Waals surface area contributed by atoms with Crippen LogP contribution in [0, 0.1) is 17.8 Å². The molecule has 0 spiro atoms. The monoisotopic (exact) mass is 268 g/mol. The fourth-order valence-electron chi connectivity index (χ4n) is 3.79. The molecule has 0 aromatic heterocycles. The minimum absolute atomic E-state index is 0.174. The highest BCUT2D eigenvalue weighted by Gasteiger charge is 2.45. The predicted octanol–water partition coefficient (Wildman–Crippen LogP) is 2.35. The van der Waals surface area contributed by atoms with Gasteiger partial charge in [0.15, 0.2) is 0 Å². The Morgan fingerprint density at radius 1 is 1.47 bits per heavy atom.